The summed E-state index contributed by atoms with van der Waals surface area (Å²) in [6, 6.07) is 7.61. The molecule has 0 aliphatic carbocycles. The van der Waals surface area contributed by atoms with E-state index in [2.05, 4.69) is 15.8 Å². The van der Waals surface area contributed by atoms with Gasteiger partial charge in [-0.2, -0.15) is 0 Å². The van der Waals surface area contributed by atoms with Crippen molar-refractivity contribution in [2.24, 2.45) is 0 Å². The Kier molecular flexibility index (Phi) is 8.29. The van der Waals surface area contributed by atoms with E-state index in [9.17, 15) is 10.2 Å². The topological polar surface area (TPSA) is 135 Å². The highest BCUT2D eigenvalue weighted by atomic mass is 16.5. The van der Waals surface area contributed by atoms with Gasteiger partial charge < -0.3 is 34.8 Å². The molecule has 2 aromatic heterocycles. The minimum absolute atomic E-state index is 0.162. The Balaban J connectivity index is 1.75. The molecule has 0 bridgehead atoms. The Bertz CT molecular complexity index is 1110. The molecule has 4 rings (SSSR count). The molecule has 10 nitrogen and oxygen atoms in total. The van der Waals surface area contributed by atoms with E-state index in [0.29, 0.717) is 59.9 Å². The molecular weight excluding hydrogens is 450 g/mol. The van der Waals surface area contributed by atoms with Crippen molar-refractivity contribution in [3.05, 3.63) is 41.3 Å². The minimum Gasteiger partial charge on any atom is -0.491 e. The summed E-state index contributed by atoms with van der Waals surface area (Å²) in [5, 5.41) is 30.8. The van der Waals surface area contributed by atoms with Gasteiger partial charge in [0.25, 0.3) is 0 Å². The second-order valence-electron chi connectivity index (χ2n) is 8.66. The fourth-order valence-electron chi connectivity index (χ4n) is 4.16. The van der Waals surface area contributed by atoms with Gasteiger partial charge in [0, 0.05) is 36.9 Å². The Morgan fingerprint density at radius 2 is 2.00 bits per heavy atom. The number of aliphatic hydroxyl groups excluding tert-OH is 2. The Morgan fingerprint density at radius 1 is 1.20 bits per heavy atom. The minimum atomic E-state index is -0.620. The van der Waals surface area contributed by atoms with Crippen LogP contribution < -0.4 is 15.4 Å². The molecule has 1 aliphatic rings. The molecule has 0 amide bonds. The Hall–Kier alpha value is -3.05. The number of rotatable bonds is 10. The summed E-state index contributed by atoms with van der Waals surface area (Å²) in [5.41, 5.74) is 3.36. The maximum atomic E-state index is 10.3. The lowest BCUT2D eigenvalue weighted by atomic mass is 10.0. The molecule has 188 valence electrons. The first-order valence-electron chi connectivity index (χ1n) is 11.8. The maximum Gasteiger partial charge on any atom is 0.162 e. The summed E-state index contributed by atoms with van der Waals surface area (Å²) in [4.78, 5) is 9.66. The SMILES string of the molecule is CNCC(O)COc1cccc(-c2nc(NC3CCOCC3)c(CO)c(-c3c(C)noc3C)n2)c1. The summed E-state index contributed by atoms with van der Waals surface area (Å²) < 4.78 is 16.7. The lowest BCUT2D eigenvalue weighted by molar-refractivity contribution is 0.0903. The van der Waals surface area contributed by atoms with Crippen LogP contribution in [0.4, 0.5) is 5.82 Å². The molecule has 10 heteroatoms. The average molecular weight is 484 g/mol. The second-order valence-corrected chi connectivity index (χ2v) is 8.66. The first kappa shape index (κ1) is 25.1. The van der Waals surface area contributed by atoms with Crippen molar-refractivity contribution in [1.82, 2.24) is 20.4 Å². The van der Waals surface area contributed by atoms with Gasteiger partial charge in [-0.1, -0.05) is 17.3 Å². The quantitative estimate of drug-likeness (QED) is 0.341. The number of ether oxygens (including phenoxy) is 2. The number of benzene rings is 1. The van der Waals surface area contributed by atoms with Crippen LogP contribution in [0.15, 0.2) is 28.8 Å². The van der Waals surface area contributed by atoms with Crippen LogP contribution in [0.2, 0.25) is 0 Å². The molecule has 1 aromatic carbocycles. The van der Waals surface area contributed by atoms with Crippen LogP contribution in [0, 0.1) is 13.8 Å². The van der Waals surface area contributed by atoms with Gasteiger partial charge in [-0.15, -0.1) is 0 Å². The predicted octanol–water partition coefficient (Wildman–Crippen LogP) is 2.46. The fourth-order valence-corrected chi connectivity index (χ4v) is 4.16. The average Bonchev–Trinajstić information content (AvgIpc) is 3.21. The van der Waals surface area contributed by atoms with Crippen LogP contribution in [0.25, 0.3) is 22.6 Å². The van der Waals surface area contributed by atoms with Gasteiger partial charge in [-0.25, -0.2) is 9.97 Å². The molecule has 35 heavy (non-hydrogen) atoms. The molecule has 0 saturated carbocycles. The van der Waals surface area contributed by atoms with Crippen LogP contribution in [0.1, 0.15) is 29.9 Å². The number of hydrogen-bond acceptors (Lipinski definition) is 10. The molecule has 0 radical (unpaired) electrons. The van der Waals surface area contributed by atoms with Gasteiger partial charge in [0.2, 0.25) is 0 Å². The first-order valence-corrected chi connectivity index (χ1v) is 11.8. The van der Waals surface area contributed by atoms with Crippen molar-refractivity contribution >= 4 is 5.82 Å². The van der Waals surface area contributed by atoms with E-state index in [1.54, 1.807) is 7.05 Å². The number of likely N-dealkylation sites (N-methyl/N-ethyl adjacent to an activating group) is 1. The molecule has 1 fully saturated rings. The van der Waals surface area contributed by atoms with Crippen LogP contribution in [-0.2, 0) is 11.3 Å². The van der Waals surface area contributed by atoms with E-state index in [0.717, 1.165) is 24.0 Å². The number of aryl methyl sites for hydroxylation is 2. The summed E-state index contributed by atoms with van der Waals surface area (Å²) in [5.74, 6) is 2.28. The number of nitrogens with one attached hydrogen (secondary N) is 2. The fraction of sp³-hybridized carbons (Fsp3) is 0.480. The molecule has 1 unspecified atom stereocenters. The summed E-state index contributed by atoms with van der Waals surface area (Å²) in [6.45, 7) is 5.40. The second kappa shape index (κ2) is 11.6. The third-order valence-corrected chi connectivity index (χ3v) is 5.97. The lowest BCUT2D eigenvalue weighted by Crippen LogP contribution is -2.29. The van der Waals surface area contributed by atoms with Crippen LogP contribution in [0.5, 0.6) is 5.75 Å². The van der Waals surface area contributed by atoms with Gasteiger partial charge in [-0.3, -0.25) is 0 Å². The van der Waals surface area contributed by atoms with Crippen molar-refractivity contribution in [2.75, 3.05) is 38.7 Å². The van der Waals surface area contributed by atoms with Crippen molar-refractivity contribution in [2.45, 2.75) is 45.4 Å². The number of hydrogen-bond donors (Lipinski definition) is 4. The largest absolute Gasteiger partial charge is 0.491 e. The molecule has 4 N–H and O–H groups in total. The van der Waals surface area contributed by atoms with Gasteiger partial charge in [0.1, 0.15) is 30.0 Å². The van der Waals surface area contributed by atoms with Crippen molar-refractivity contribution in [1.29, 1.82) is 0 Å². The number of aliphatic hydroxyl groups is 2. The normalized spacial score (nSPS) is 15.2. The Labute approximate surface area is 204 Å². The summed E-state index contributed by atoms with van der Waals surface area (Å²) in [7, 11) is 1.78. The van der Waals surface area contributed by atoms with E-state index in [1.165, 1.54) is 0 Å². The standard InChI is InChI=1S/C25H33N5O5/c1-15-22(16(2)35-30-15)23-21(13-31)25(27-18-7-9-33-10-8-18)29-24(28-23)17-5-4-6-20(11-17)34-14-19(32)12-26-3/h4-6,11,18-19,26,31-32H,7-10,12-14H2,1-3H3,(H,27,28,29). The van der Waals surface area contributed by atoms with Crippen LogP contribution in [0.3, 0.4) is 0 Å². The highest BCUT2D eigenvalue weighted by molar-refractivity contribution is 5.75. The van der Waals surface area contributed by atoms with E-state index < -0.39 is 6.10 Å². The molecule has 3 aromatic rings. The molecule has 1 saturated heterocycles. The molecule has 1 aliphatic heterocycles. The van der Waals surface area contributed by atoms with E-state index in [1.807, 2.05) is 38.1 Å². The van der Waals surface area contributed by atoms with Crippen molar-refractivity contribution < 1.29 is 24.2 Å². The number of nitrogens with zero attached hydrogens (tertiary/aromatic N) is 3. The van der Waals surface area contributed by atoms with Gasteiger partial charge >= 0.3 is 0 Å². The van der Waals surface area contributed by atoms with Crippen LogP contribution in [-0.4, -0.2) is 70.9 Å². The van der Waals surface area contributed by atoms with Crippen molar-refractivity contribution in [3.8, 4) is 28.4 Å². The summed E-state index contributed by atoms with van der Waals surface area (Å²) >= 11 is 0. The number of aromatic nitrogens is 3. The van der Waals surface area contributed by atoms with Gasteiger partial charge in [0.15, 0.2) is 5.82 Å². The Morgan fingerprint density at radius 3 is 2.69 bits per heavy atom. The predicted molar refractivity (Wildman–Crippen MR) is 131 cm³/mol. The lowest BCUT2D eigenvalue weighted by Gasteiger charge is -2.25. The molecule has 1 atom stereocenters. The smallest absolute Gasteiger partial charge is 0.162 e. The highest BCUT2D eigenvalue weighted by Crippen LogP contribution is 2.35. The van der Waals surface area contributed by atoms with Gasteiger partial charge in [0.05, 0.1) is 23.6 Å². The van der Waals surface area contributed by atoms with E-state index in [-0.39, 0.29) is 19.3 Å². The zero-order chi connectivity index (χ0) is 24.8. The first-order chi connectivity index (χ1) is 17.0. The molecule has 0 spiro atoms. The highest BCUT2D eigenvalue weighted by Gasteiger charge is 2.24. The zero-order valence-corrected chi connectivity index (χ0v) is 20.4. The summed E-state index contributed by atoms with van der Waals surface area (Å²) in [6.07, 6.45) is 1.08. The molecular formula is C25H33N5O5. The van der Waals surface area contributed by atoms with Crippen LogP contribution >= 0.6 is 0 Å². The van der Waals surface area contributed by atoms with Gasteiger partial charge in [-0.05, 0) is 45.9 Å². The zero-order valence-electron chi connectivity index (χ0n) is 20.4. The molecule has 3 heterocycles. The van der Waals surface area contributed by atoms with Crippen molar-refractivity contribution in [3.63, 3.8) is 0 Å². The third kappa shape index (κ3) is 5.96. The number of anilines is 1. The monoisotopic (exact) mass is 483 g/mol. The maximum absolute atomic E-state index is 10.3. The van der Waals surface area contributed by atoms with E-state index in [4.69, 9.17) is 24.0 Å². The third-order valence-electron chi connectivity index (χ3n) is 5.97. The van der Waals surface area contributed by atoms with E-state index >= 15 is 0 Å².